The highest BCUT2D eigenvalue weighted by atomic mass is 32.2. The molecular formula is C9H5F3N2O2S. The molecule has 0 aliphatic heterocycles. The van der Waals surface area contributed by atoms with Crippen LogP contribution >= 0.6 is 0 Å². The highest BCUT2D eigenvalue weighted by molar-refractivity contribution is 7.92. The number of benzene rings is 1. The van der Waals surface area contributed by atoms with Gasteiger partial charge in [-0.1, -0.05) is 12.1 Å². The molecule has 90 valence electrons. The number of aromatic nitrogens is 2. The zero-order valence-electron chi connectivity index (χ0n) is 8.14. The van der Waals surface area contributed by atoms with Crippen molar-refractivity contribution in [2.45, 2.75) is 10.5 Å². The maximum atomic E-state index is 12.3. The van der Waals surface area contributed by atoms with E-state index in [1.807, 2.05) is 0 Å². The minimum Gasteiger partial charge on any atom is -0.252 e. The van der Waals surface area contributed by atoms with Gasteiger partial charge in [-0.2, -0.15) is 13.2 Å². The smallest absolute Gasteiger partial charge is 0.252 e. The standard InChI is InChI=1S/C9H5F3N2O2S/c10-9(11,12)17(15,16)8-5-13-6-3-1-2-4-7(6)14-8/h1-5H. The summed E-state index contributed by atoms with van der Waals surface area (Å²) >= 11 is 0. The van der Waals surface area contributed by atoms with Crippen molar-refractivity contribution in [3.8, 4) is 0 Å². The molecule has 0 fully saturated rings. The first kappa shape index (κ1) is 11.8. The largest absolute Gasteiger partial charge is 0.503 e. The summed E-state index contributed by atoms with van der Waals surface area (Å²) in [6.45, 7) is 0. The van der Waals surface area contributed by atoms with Gasteiger partial charge in [0.2, 0.25) is 0 Å². The predicted octanol–water partition coefficient (Wildman–Crippen LogP) is 1.92. The number of para-hydroxylation sites is 2. The zero-order valence-corrected chi connectivity index (χ0v) is 8.96. The molecule has 0 N–H and O–H groups in total. The molecule has 4 nitrogen and oxygen atoms in total. The number of rotatable bonds is 1. The molecule has 0 amide bonds. The lowest BCUT2D eigenvalue weighted by Gasteiger charge is -2.07. The van der Waals surface area contributed by atoms with Crippen LogP contribution in [-0.2, 0) is 9.84 Å². The third kappa shape index (κ3) is 1.95. The van der Waals surface area contributed by atoms with E-state index in [1.54, 1.807) is 6.07 Å². The fourth-order valence-corrected chi connectivity index (χ4v) is 1.84. The van der Waals surface area contributed by atoms with Crippen LogP contribution in [0, 0.1) is 0 Å². The van der Waals surface area contributed by atoms with Crippen molar-refractivity contribution in [1.82, 2.24) is 9.97 Å². The Morgan fingerprint density at radius 2 is 1.65 bits per heavy atom. The topological polar surface area (TPSA) is 59.9 Å². The van der Waals surface area contributed by atoms with E-state index in [2.05, 4.69) is 9.97 Å². The van der Waals surface area contributed by atoms with Crippen molar-refractivity contribution in [3.63, 3.8) is 0 Å². The van der Waals surface area contributed by atoms with Gasteiger partial charge in [0.05, 0.1) is 17.2 Å². The second-order valence-corrected chi connectivity index (χ2v) is 5.03. The minimum atomic E-state index is -5.44. The average Bonchev–Trinajstić information content (AvgIpc) is 2.27. The van der Waals surface area contributed by atoms with Gasteiger partial charge >= 0.3 is 5.51 Å². The first-order chi connectivity index (χ1) is 7.82. The van der Waals surface area contributed by atoms with Crippen molar-refractivity contribution in [3.05, 3.63) is 30.5 Å². The van der Waals surface area contributed by atoms with Gasteiger partial charge in [0, 0.05) is 0 Å². The Morgan fingerprint density at radius 1 is 1.06 bits per heavy atom. The molecule has 0 radical (unpaired) electrons. The number of nitrogens with zero attached hydrogens (tertiary/aromatic N) is 2. The summed E-state index contributed by atoms with van der Waals surface area (Å²) in [5.41, 5.74) is -4.95. The summed E-state index contributed by atoms with van der Waals surface area (Å²) in [6.07, 6.45) is 0.602. The lowest BCUT2D eigenvalue weighted by Crippen LogP contribution is -2.24. The Kier molecular flexibility index (Phi) is 2.53. The number of fused-ring (bicyclic) bond motifs is 1. The molecule has 0 saturated carbocycles. The predicted molar refractivity (Wildman–Crippen MR) is 52.8 cm³/mol. The Bertz CT molecular complexity index is 667. The Morgan fingerprint density at radius 3 is 2.24 bits per heavy atom. The summed E-state index contributed by atoms with van der Waals surface area (Å²) in [4.78, 5) is 7.06. The van der Waals surface area contributed by atoms with Crippen molar-refractivity contribution < 1.29 is 21.6 Å². The number of halogens is 3. The molecule has 0 aliphatic rings. The monoisotopic (exact) mass is 262 g/mol. The molecule has 0 bridgehead atoms. The lowest BCUT2D eigenvalue weighted by molar-refractivity contribution is -0.0438. The Labute approximate surface area is 94.0 Å². The molecule has 1 aromatic heterocycles. The fourth-order valence-electron chi connectivity index (χ4n) is 1.19. The van der Waals surface area contributed by atoms with Crippen LogP contribution < -0.4 is 0 Å². The van der Waals surface area contributed by atoms with Gasteiger partial charge in [-0.05, 0) is 12.1 Å². The van der Waals surface area contributed by atoms with E-state index in [9.17, 15) is 21.6 Å². The Balaban J connectivity index is 2.66. The van der Waals surface area contributed by atoms with Crippen LogP contribution in [0.15, 0.2) is 35.5 Å². The SMILES string of the molecule is O=S(=O)(c1cnc2ccccc2n1)C(F)(F)F. The molecule has 0 saturated heterocycles. The van der Waals surface area contributed by atoms with Gasteiger partial charge in [-0.25, -0.2) is 13.4 Å². The quantitative estimate of drug-likeness (QED) is 0.787. The van der Waals surface area contributed by atoms with Crippen molar-refractivity contribution in [2.24, 2.45) is 0 Å². The highest BCUT2D eigenvalue weighted by Crippen LogP contribution is 2.29. The van der Waals surface area contributed by atoms with Crippen molar-refractivity contribution in [2.75, 3.05) is 0 Å². The van der Waals surface area contributed by atoms with Crippen molar-refractivity contribution >= 4 is 20.9 Å². The van der Waals surface area contributed by atoms with Crippen LogP contribution in [0.2, 0.25) is 0 Å². The molecule has 1 aromatic carbocycles. The fraction of sp³-hybridized carbons (Fsp3) is 0.111. The van der Waals surface area contributed by atoms with E-state index in [0.717, 1.165) is 0 Å². The molecule has 0 atom stereocenters. The van der Waals surface area contributed by atoms with Crippen LogP contribution in [0.3, 0.4) is 0 Å². The van der Waals surface area contributed by atoms with Gasteiger partial charge in [0.25, 0.3) is 9.84 Å². The number of hydrogen-bond acceptors (Lipinski definition) is 4. The number of hydrogen-bond donors (Lipinski definition) is 0. The summed E-state index contributed by atoms with van der Waals surface area (Å²) in [5.74, 6) is 0. The number of alkyl halides is 3. The van der Waals surface area contributed by atoms with E-state index in [1.165, 1.54) is 18.2 Å². The van der Waals surface area contributed by atoms with Gasteiger partial charge in [0.1, 0.15) is 0 Å². The molecule has 0 unspecified atom stereocenters. The first-order valence-corrected chi connectivity index (χ1v) is 5.84. The van der Waals surface area contributed by atoms with Gasteiger partial charge < -0.3 is 0 Å². The van der Waals surface area contributed by atoms with Crippen LogP contribution in [0.25, 0.3) is 11.0 Å². The molecule has 2 aromatic rings. The maximum Gasteiger partial charge on any atom is 0.503 e. The molecule has 17 heavy (non-hydrogen) atoms. The van der Waals surface area contributed by atoms with Gasteiger partial charge in [-0.15, -0.1) is 0 Å². The zero-order chi connectivity index (χ0) is 12.7. The third-order valence-electron chi connectivity index (χ3n) is 2.01. The average molecular weight is 262 g/mol. The van der Waals surface area contributed by atoms with Crippen LogP contribution in [0.4, 0.5) is 13.2 Å². The number of sulfone groups is 1. The van der Waals surface area contributed by atoms with Crippen molar-refractivity contribution in [1.29, 1.82) is 0 Å². The molecule has 0 spiro atoms. The van der Waals surface area contributed by atoms with Gasteiger partial charge in [-0.3, -0.25) is 4.98 Å². The van der Waals surface area contributed by atoms with Crippen LogP contribution in [0.1, 0.15) is 0 Å². The molecule has 2 rings (SSSR count). The van der Waals surface area contributed by atoms with Crippen LogP contribution in [-0.4, -0.2) is 23.9 Å². The van der Waals surface area contributed by atoms with E-state index in [0.29, 0.717) is 11.7 Å². The molecule has 8 heteroatoms. The summed E-state index contributed by atoms with van der Waals surface area (Å²) in [6, 6.07) is 6.06. The highest BCUT2D eigenvalue weighted by Gasteiger charge is 2.48. The lowest BCUT2D eigenvalue weighted by atomic mass is 10.3. The van der Waals surface area contributed by atoms with E-state index >= 15 is 0 Å². The molecule has 0 aliphatic carbocycles. The summed E-state index contributed by atoms with van der Waals surface area (Å²) in [7, 11) is -5.44. The van der Waals surface area contributed by atoms with E-state index in [4.69, 9.17) is 0 Å². The summed E-state index contributed by atoms with van der Waals surface area (Å²) < 4.78 is 58.9. The second-order valence-electron chi connectivity index (χ2n) is 3.15. The normalized spacial score (nSPS) is 12.9. The second kappa shape index (κ2) is 3.66. The van der Waals surface area contributed by atoms with Crippen LogP contribution in [0.5, 0.6) is 0 Å². The molecular weight excluding hydrogens is 257 g/mol. The third-order valence-corrected chi connectivity index (χ3v) is 3.36. The molecule has 1 heterocycles. The maximum absolute atomic E-state index is 12.3. The first-order valence-electron chi connectivity index (χ1n) is 4.35. The Hall–Kier alpha value is -1.70. The van der Waals surface area contributed by atoms with Gasteiger partial charge in [0.15, 0.2) is 5.03 Å². The van der Waals surface area contributed by atoms with E-state index < -0.39 is 20.4 Å². The summed E-state index contributed by atoms with van der Waals surface area (Å²) in [5, 5.41) is -1.09. The minimum absolute atomic E-state index is 0.0952. The van der Waals surface area contributed by atoms with E-state index in [-0.39, 0.29) is 5.52 Å².